The third kappa shape index (κ3) is 1.92. The fourth-order valence-electron chi connectivity index (χ4n) is 1.18. The molecule has 74 valence electrons. The highest BCUT2D eigenvalue weighted by Gasteiger charge is 2.09. The summed E-state index contributed by atoms with van der Waals surface area (Å²) in [6, 6.07) is 0. The van der Waals surface area contributed by atoms with E-state index in [-0.39, 0.29) is 6.61 Å². The number of nitrogens with zero attached hydrogens (tertiary/aromatic N) is 2. The first-order chi connectivity index (χ1) is 6.20. The van der Waals surface area contributed by atoms with Crippen LogP contribution < -0.4 is 11.1 Å². The van der Waals surface area contributed by atoms with E-state index in [4.69, 9.17) is 10.8 Å². The lowest BCUT2D eigenvalue weighted by molar-refractivity contribution is 0.310. The van der Waals surface area contributed by atoms with Gasteiger partial charge < -0.3 is 16.2 Å². The highest BCUT2D eigenvalue weighted by atomic mass is 16.3. The molecule has 0 unspecified atom stereocenters. The molecule has 1 heterocycles. The predicted molar refractivity (Wildman–Crippen MR) is 52.6 cm³/mol. The van der Waals surface area contributed by atoms with Crippen molar-refractivity contribution in [1.82, 2.24) is 9.78 Å². The fraction of sp³-hybridized carbons (Fsp3) is 0.625. The highest BCUT2D eigenvalue weighted by molar-refractivity contribution is 5.64. The molecule has 0 aromatic carbocycles. The van der Waals surface area contributed by atoms with Gasteiger partial charge in [0.25, 0.3) is 0 Å². The van der Waals surface area contributed by atoms with E-state index < -0.39 is 0 Å². The average molecular weight is 184 g/mol. The molecule has 1 aromatic heterocycles. The van der Waals surface area contributed by atoms with Crippen molar-refractivity contribution < 1.29 is 5.11 Å². The molecule has 1 aromatic rings. The molecule has 0 aliphatic heterocycles. The van der Waals surface area contributed by atoms with Gasteiger partial charge in [0.15, 0.2) is 0 Å². The smallest absolute Gasteiger partial charge is 0.148 e. The number of aliphatic hydroxyl groups excluding tert-OH is 1. The summed E-state index contributed by atoms with van der Waals surface area (Å²) < 4.78 is 1.79. The Morgan fingerprint density at radius 3 is 2.85 bits per heavy atom. The molecule has 0 spiro atoms. The number of aliphatic hydroxyl groups is 1. The molecule has 5 nitrogen and oxygen atoms in total. The maximum absolute atomic E-state index is 8.66. The Bertz CT molecular complexity index is 282. The molecule has 0 aliphatic rings. The van der Waals surface area contributed by atoms with Crippen LogP contribution in [0.5, 0.6) is 0 Å². The fourth-order valence-corrected chi connectivity index (χ4v) is 1.18. The number of hydrogen-bond donors (Lipinski definition) is 3. The molecule has 0 bridgehead atoms. The normalized spacial score (nSPS) is 10.4. The molecule has 0 saturated carbocycles. The summed E-state index contributed by atoms with van der Waals surface area (Å²) in [4.78, 5) is 0. The van der Waals surface area contributed by atoms with Crippen molar-refractivity contribution in [2.45, 2.75) is 20.4 Å². The first-order valence-electron chi connectivity index (χ1n) is 4.38. The zero-order chi connectivity index (χ0) is 9.84. The van der Waals surface area contributed by atoms with Crippen LogP contribution in [0.25, 0.3) is 0 Å². The molecular formula is C8H16N4O. The molecule has 0 amide bonds. The Hall–Kier alpha value is -1.23. The van der Waals surface area contributed by atoms with Gasteiger partial charge in [-0.2, -0.15) is 5.10 Å². The van der Waals surface area contributed by atoms with Gasteiger partial charge in [-0.15, -0.1) is 0 Å². The zero-order valence-corrected chi connectivity index (χ0v) is 8.04. The minimum absolute atomic E-state index is 0.0907. The van der Waals surface area contributed by atoms with Crippen LogP contribution in [0.2, 0.25) is 0 Å². The van der Waals surface area contributed by atoms with Gasteiger partial charge in [0.1, 0.15) is 5.82 Å². The quantitative estimate of drug-likeness (QED) is 0.624. The highest BCUT2D eigenvalue weighted by Crippen LogP contribution is 2.21. The van der Waals surface area contributed by atoms with Gasteiger partial charge in [-0.1, -0.05) is 0 Å². The van der Waals surface area contributed by atoms with Crippen molar-refractivity contribution >= 4 is 11.5 Å². The minimum Gasteiger partial charge on any atom is -0.395 e. The molecule has 0 aliphatic carbocycles. The number of nitrogen functional groups attached to an aromatic ring is 1. The Kier molecular flexibility index (Phi) is 3.13. The van der Waals surface area contributed by atoms with Crippen LogP contribution in [0, 0.1) is 6.92 Å². The lowest BCUT2D eigenvalue weighted by Gasteiger charge is -2.06. The molecule has 0 saturated heterocycles. The van der Waals surface area contributed by atoms with Gasteiger partial charge in [0.05, 0.1) is 18.0 Å². The monoisotopic (exact) mass is 184 g/mol. The van der Waals surface area contributed by atoms with E-state index in [1.165, 1.54) is 0 Å². The Balaban J connectivity index is 2.88. The molecular weight excluding hydrogens is 168 g/mol. The predicted octanol–water partition coefficient (Wildman–Crippen LogP) is 0.198. The number of rotatable bonds is 4. The number of nitrogens with one attached hydrogen (secondary N) is 1. The molecule has 0 radical (unpaired) electrons. The van der Waals surface area contributed by atoms with Crippen molar-refractivity contribution in [2.75, 3.05) is 24.2 Å². The van der Waals surface area contributed by atoms with Crippen LogP contribution >= 0.6 is 0 Å². The standard InChI is InChI=1S/C8H16N4O/c1-3-12-8(10-4-5-13)7(9)6(2)11-12/h10,13H,3-5,9H2,1-2H3. The second-order valence-electron chi connectivity index (χ2n) is 2.81. The number of aromatic nitrogens is 2. The SMILES string of the molecule is CCn1nc(C)c(N)c1NCCO. The van der Waals surface area contributed by atoms with Gasteiger partial charge in [0, 0.05) is 13.1 Å². The first kappa shape index (κ1) is 9.85. The van der Waals surface area contributed by atoms with E-state index in [9.17, 15) is 0 Å². The van der Waals surface area contributed by atoms with E-state index in [1.807, 2.05) is 13.8 Å². The van der Waals surface area contributed by atoms with Crippen LogP contribution in [-0.2, 0) is 6.54 Å². The number of nitrogens with two attached hydrogens (primary N) is 1. The molecule has 1 rings (SSSR count). The second kappa shape index (κ2) is 4.13. The lowest BCUT2D eigenvalue weighted by Crippen LogP contribution is -2.11. The molecule has 13 heavy (non-hydrogen) atoms. The summed E-state index contributed by atoms with van der Waals surface area (Å²) >= 11 is 0. The largest absolute Gasteiger partial charge is 0.395 e. The summed E-state index contributed by atoms with van der Waals surface area (Å²) in [7, 11) is 0. The molecule has 0 atom stereocenters. The van der Waals surface area contributed by atoms with Crippen LogP contribution in [0.4, 0.5) is 11.5 Å². The third-order valence-electron chi connectivity index (χ3n) is 1.88. The summed E-state index contributed by atoms with van der Waals surface area (Å²) in [5.74, 6) is 0.800. The van der Waals surface area contributed by atoms with Crippen molar-refractivity contribution in [3.8, 4) is 0 Å². The third-order valence-corrected chi connectivity index (χ3v) is 1.88. The van der Waals surface area contributed by atoms with Gasteiger partial charge in [-0.3, -0.25) is 0 Å². The number of anilines is 2. The van der Waals surface area contributed by atoms with E-state index >= 15 is 0 Å². The van der Waals surface area contributed by atoms with Gasteiger partial charge in [-0.05, 0) is 13.8 Å². The summed E-state index contributed by atoms with van der Waals surface area (Å²) in [5.41, 5.74) is 7.28. The van der Waals surface area contributed by atoms with Crippen LogP contribution in [0.1, 0.15) is 12.6 Å². The topological polar surface area (TPSA) is 76.1 Å². The number of aryl methyl sites for hydroxylation is 2. The molecule has 4 N–H and O–H groups in total. The maximum Gasteiger partial charge on any atom is 0.148 e. The lowest BCUT2D eigenvalue weighted by atomic mass is 10.4. The minimum atomic E-state index is 0.0907. The average Bonchev–Trinajstić information content (AvgIpc) is 2.40. The van der Waals surface area contributed by atoms with E-state index in [0.717, 1.165) is 18.1 Å². The van der Waals surface area contributed by atoms with Gasteiger partial charge in [-0.25, -0.2) is 4.68 Å². The number of hydrogen-bond acceptors (Lipinski definition) is 4. The second-order valence-corrected chi connectivity index (χ2v) is 2.81. The van der Waals surface area contributed by atoms with Gasteiger partial charge in [0.2, 0.25) is 0 Å². The first-order valence-corrected chi connectivity index (χ1v) is 4.38. The summed E-state index contributed by atoms with van der Waals surface area (Å²) in [6.07, 6.45) is 0. The summed E-state index contributed by atoms with van der Waals surface area (Å²) in [5, 5.41) is 15.9. The van der Waals surface area contributed by atoms with Gasteiger partial charge >= 0.3 is 0 Å². The summed E-state index contributed by atoms with van der Waals surface area (Å²) in [6.45, 7) is 5.22. The molecule has 5 heteroatoms. The molecule has 0 fully saturated rings. The Labute approximate surface area is 77.5 Å². The van der Waals surface area contributed by atoms with Crippen molar-refractivity contribution in [3.63, 3.8) is 0 Å². The van der Waals surface area contributed by atoms with Crippen molar-refractivity contribution in [3.05, 3.63) is 5.69 Å². The maximum atomic E-state index is 8.66. The van der Waals surface area contributed by atoms with E-state index in [1.54, 1.807) is 4.68 Å². The van der Waals surface area contributed by atoms with Crippen LogP contribution in [0.3, 0.4) is 0 Å². The zero-order valence-electron chi connectivity index (χ0n) is 8.04. The van der Waals surface area contributed by atoms with E-state index in [2.05, 4.69) is 10.4 Å². The Morgan fingerprint density at radius 1 is 1.62 bits per heavy atom. The van der Waals surface area contributed by atoms with Crippen LogP contribution in [-0.4, -0.2) is 28.0 Å². The Morgan fingerprint density at radius 2 is 2.31 bits per heavy atom. The van der Waals surface area contributed by atoms with Crippen molar-refractivity contribution in [1.29, 1.82) is 0 Å². The van der Waals surface area contributed by atoms with E-state index in [0.29, 0.717) is 12.2 Å². The van der Waals surface area contributed by atoms with Crippen LogP contribution in [0.15, 0.2) is 0 Å². The van der Waals surface area contributed by atoms with Crippen molar-refractivity contribution in [2.24, 2.45) is 0 Å².